The summed E-state index contributed by atoms with van der Waals surface area (Å²) in [4.78, 5) is 27.7. The summed E-state index contributed by atoms with van der Waals surface area (Å²) in [6.45, 7) is 1.76. The minimum atomic E-state index is -4.58. The second kappa shape index (κ2) is 9.82. The summed E-state index contributed by atoms with van der Waals surface area (Å²) in [5.41, 5.74) is 0.120. The number of benzene rings is 3. The molecule has 0 radical (unpaired) electrons. The maximum Gasteiger partial charge on any atom is 0.416 e. The molecule has 0 spiro atoms. The van der Waals surface area contributed by atoms with Crippen LogP contribution in [0.15, 0.2) is 66.2 Å². The van der Waals surface area contributed by atoms with Crippen LogP contribution in [0.25, 0.3) is 5.76 Å². The van der Waals surface area contributed by atoms with E-state index in [1.165, 1.54) is 26.4 Å². The van der Waals surface area contributed by atoms with Crippen molar-refractivity contribution in [2.24, 2.45) is 0 Å². The normalized spacial score (nSPS) is 17.3. The van der Waals surface area contributed by atoms with Crippen molar-refractivity contribution >= 4 is 34.7 Å². The van der Waals surface area contributed by atoms with Crippen LogP contribution < -0.4 is 14.4 Å². The molecule has 10 heteroatoms. The topological polar surface area (TPSA) is 76.1 Å². The van der Waals surface area contributed by atoms with Crippen LogP contribution in [0, 0.1) is 6.92 Å². The molecule has 1 unspecified atom stereocenters. The number of nitrogens with zero attached hydrogens (tertiary/aromatic N) is 1. The van der Waals surface area contributed by atoms with Crippen LogP contribution in [0.2, 0.25) is 5.02 Å². The molecule has 0 saturated carbocycles. The van der Waals surface area contributed by atoms with Crippen molar-refractivity contribution in [2.45, 2.75) is 19.1 Å². The molecule has 0 aliphatic carbocycles. The van der Waals surface area contributed by atoms with Crippen molar-refractivity contribution in [3.63, 3.8) is 0 Å². The van der Waals surface area contributed by atoms with Crippen molar-refractivity contribution in [2.75, 3.05) is 19.1 Å². The van der Waals surface area contributed by atoms with Crippen molar-refractivity contribution in [1.82, 2.24) is 0 Å². The quantitative estimate of drug-likeness (QED) is 0.237. The summed E-state index contributed by atoms with van der Waals surface area (Å²) >= 11 is 6.26. The lowest BCUT2D eigenvalue weighted by Crippen LogP contribution is -2.29. The van der Waals surface area contributed by atoms with Crippen LogP contribution in [0.3, 0.4) is 0 Å². The molecule has 1 heterocycles. The molecule has 1 saturated heterocycles. The Labute approximate surface area is 215 Å². The maximum absolute atomic E-state index is 13.3. The number of halogens is 4. The molecule has 0 aromatic heterocycles. The van der Waals surface area contributed by atoms with Gasteiger partial charge < -0.3 is 14.6 Å². The number of ether oxygens (including phenoxy) is 2. The number of anilines is 1. The first-order chi connectivity index (χ1) is 17.5. The first-order valence-electron chi connectivity index (χ1n) is 10.9. The number of carbonyl (C=O) groups is 2. The SMILES string of the molecule is COc1cc(OC)c(/C(O)=C2\C(=O)C(=O)N(c3ccc(C(F)(F)F)cc3)C2c2ccccc2C)cc1Cl. The Morgan fingerprint density at radius 3 is 2.16 bits per heavy atom. The van der Waals surface area contributed by atoms with Gasteiger partial charge in [-0.3, -0.25) is 14.5 Å². The summed E-state index contributed by atoms with van der Waals surface area (Å²) in [7, 11) is 2.74. The van der Waals surface area contributed by atoms with Crippen LogP contribution in [-0.4, -0.2) is 31.0 Å². The Bertz CT molecular complexity index is 1420. The van der Waals surface area contributed by atoms with Gasteiger partial charge in [0.05, 0.1) is 42.0 Å². The molecule has 1 N–H and O–H groups in total. The van der Waals surface area contributed by atoms with Gasteiger partial charge in [0, 0.05) is 11.8 Å². The van der Waals surface area contributed by atoms with Crippen molar-refractivity contribution < 1.29 is 37.3 Å². The summed E-state index contributed by atoms with van der Waals surface area (Å²) in [5, 5.41) is 11.5. The number of aliphatic hydroxyl groups excluding tert-OH is 1. The van der Waals surface area contributed by atoms with Gasteiger partial charge in [-0.15, -0.1) is 0 Å². The Hall–Kier alpha value is -3.98. The second-order valence-corrected chi connectivity index (χ2v) is 8.66. The number of aliphatic hydroxyl groups is 1. The number of amides is 1. The van der Waals surface area contributed by atoms with E-state index in [4.69, 9.17) is 21.1 Å². The lowest BCUT2D eigenvalue weighted by atomic mass is 9.92. The van der Waals surface area contributed by atoms with E-state index in [1.54, 1.807) is 31.2 Å². The number of aryl methyl sites for hydroxylation is 1. The van der Waals surface area contributed by atoms with Gasteiger partial charge in [0.15, 0.2) is 0 Å². The average Bonchev–Trinajstić information content (AvgIpc) is 3.13. The van der Waals surface area contributed by atoms with Crippen LogP contribution >= 0.6 is 11.6 Å². The van der Waals surface area contributed by atoms with Gasteiger partial charge >= 0.3 is 6.18 Å². The minimum absolute atomic E-state index is 0.0392. The summed E-state index contributed by atoms with van der Waals surface area (Å²) < 4.78 is 50.0. The fourth-order valence-corrected chi connectivity index (χ4v) is 4.53. The van der Waals surface area contributed by atoms with E-state index in [9.17, 15) is 27.9 Å². The summed E-state index contributed by atoms with van der Waals surface area (Å²) in [6, 6.07) is 12.4. The molecule has 192 valence electrons. The highest BCUT2D eigenvalue weighted by molar-refractivity contribution is 6.51. The highest BCUT2D eigenvalue weighted by Gasteiger charge is 2.48. The Morgan fingerprint density at radius 1 is 0.973 bits per heavy atom. The fourth-order valence-electron chi connectivity index (χ4n) is 4.29. The number of alkyl halides is 3. The van der Waals surface area contributed by atoms with E-state index in [2.05, 4.69) is 0 Å². The zero-order chi connectivity index (χ0) is 27.1. The van der Waals surface area contributed by atoms with Crippen LogP contribution in [-0.2, 0) is 15.8 Å². The number of rotatable bonds is 5. The first kappa shape index (κ1) is 26.1. The monoisotopic (exact) mass is 531 g/mol. The predicted molar refractivity (Wildman–Crippen MR) is 132 cm³/mol. The lowest BCUT2D eigenvalue weighted by molar-refractivity contribution is -0.137. The Morgan fingerprint density at radius 2 is 1.59 bits per heavy atom. The predicted octanol–water partition coefficient (Wildman–Crippen LogP) is 6.31. The van der Waals surface area contributed by atoms with Gasteiger partial charge in [0.2, 0.25) is 0 Å². The highest BCUT2D eigenvalue weighted by Crippen LogP contribution is 2.45. The molecular formula is C27H21ClF3NO5. The van der Waals surface area contributed by atoms with Gasteiger partial charge in [-0.1, -0.05) is 35.9 Å². The molecule has 1 fully saturated rings. The van der Waals surface area contributed by atoms with Crippen molar-refractivity contribution in [1.29, 1.82) is 0 Å². The molecule has 3 aromatic rings. The largest absolute Gasteiger partial charge is 0.507 e. The van der Waals surface area contributed by atoms with E-state index >= 15 is 0 Å². The van der Waals surface area contributed by atoms with Gasteiger partial charge in [0.25, 0.3) is 11.7 Å². The van der Waals surface area contributed by atoms with Crippen molar-refractivity contribution in [3.8, 4) is 11.5 Å². The third kappa shape index (κ3) is 4.62. The number of ketones is 1. The molecule has 1 aliphatic heterocycles. The Kier molecular flexibility index (Phi) is 6.92. The number of methoxy groups -OCH3 is 2. The minimum Gasteiger partial charge on any atom is -0.507 e. The third-order valence-corrected chi connectivity index (χ3v) is 6.42. The molecule has 0 bridgehead atoms. The van der Waals surface area contributed by atoms with E-state index < -0.39 is 35.2 Å². The number of hydrogen-bond donors (Lipinski definition) is 1. The van der Waals surface area contributed by atoms with E-state index in [-0.39, 0.29) is 33.3 Å². The zero-order valence-corrected chi connectivity index (χ0v) is 20.6. The molecule has 1 amide bonds. The van der Waals surface area contributed by atoms with Crippen molar-refractivity contribution in [3.05, 3.63) is 93.5 Å². The fraction of sp³-hybridized carbons (Fsp3) is 0.185. The van der Waals surface area contributed by atoms with E-state index in [0.717, 1.165) is 29.2 Å². The zero-order valence-electron chi connectivity index (χ0n) is 19.9. The van der Waals surface area contributed by atoms with Crippen LogP contribution in [0.1, 0.15) is 28.3 Å². The second-order valence-electron chi connectivity index (χ2n) is 8.26. The number of carbonyl (C=O) groups excluding carboxylic acids is 2. The van der Waals surface area contributed by atoms with Gasteiger partial charge in [-0.2, -0.15) is 13.2 Å². The van der Waals surface area contributed by atoms with Gasteiger partial charge in [-0.25, -0.2) is 0 Å². The molecule has 3 aromatic carbocycles. The van der Waals surface area contributed by atoms with Crippen LogP contribution in [0.5, 0.6) is 11.5 Å². The average molecular weight is 532 g/mol. The highest BCUT2D eigenvalue weighted by atomic mass is 35.5. The smallest absolute Gasteiger partial charge is 0.416 e. The molecule has 6 nitrogen and oxygen atoms in total. The molecule has 1 atom stereocenters. The Balaban J connectivity index is 1.97. The molecule has 1 aliphatic rings. The first-order valence-corrected chi connectivity index (χ1v) is 11.3. The van der Waals surface area contributed by atoms with Gasteiger partial charge in [-0.05, 0) is 48.4 Å². The van der Waals surface area contributed by atoms with Gasteiger partial charge in [0.1, 0.15) is 17.3 Å². The maximum atomic E-state index is 13.3. The lowest BCUT2D eigenvalue weighted by Gasteiger charge is -2.27. The standard InChI is InChI=1S/C27H21ClF3NO5/c1-14-6-4-5-7-17(14)23-22(24(33)18-12-19(28)21(37-3)13-20(18)36-2)25(34)26(35)32(23)16-10-8-15(9-11-16)27(29,30)31/h4-13,23,33H,1-3H3/b24-22+. The summed E-state index contributed by atoms with van der Waals surface area (Å²) in [6.07, 6.45) is -4.58. The number of hydrogen-bond acceptors (Lipinski definition) is 5. The molecule has 37 heavy (non-hydrogen) atoms. The molecule has 4 rings (SSSR count). The molecular weight excluding hydrogens is 511 g/mol. The van der Waals surface area contributed by atoms with E-state index in [1.807, 2.05) is 0 Å². The summed E-state index contributed by atoms with van der Waals surface area (Å²) in [5.74, 6) is -2.19. The van der Waals surface area contributed by atoms with Crippen LogP contribution in [0.4, 0.5) is 18.9 Å². The third-order valence-electron chi connectivity index (χ3n) is 6.13. The number of Topliss-reactive ketones (excluding diaryl/α,β-unsaturated/α-hetero) is 1. The van der Waals surface area contributed by atoms with E-state index in [0.29, 0.717) is 11.1 Å².